The number of aromatic amines is 1. The average Bonchev–Trinajstić information content (AvgIpc) is 3.18. The van der Waals surface area contributed by atoms with Crippen molar-refractivity contribution >= 4 is 33.5 Å². The third-order valence-electron chi connectivity index (χ3n) is 5.55. The number of pyridine rings is 1. The van der Waals surface area contributed by atoms with Gasteiger partial charge in [0.2, 0.25) is 5.91 Å². The summed E-state index contributed by atoms with van der Waals surface area (Å²) in [6, 6.07) is 18.4. The quantitative estimate of drug-likeness (QED) is 0.554. The highest BCUT2D eigenvalue weighted by Gasteiger charge is 2.26. The lowest BCUT2D eigenvalue weighted by Crippen LogP contribution is -2.50. The molecule has 5 rings (SSSR count). The molecule has 2 aromatic heterocycles. The first-order valence-electron chi connectivity index (χ1n) is 9.67. The molecule has 140 valence electrons. The van der Waals surface area contributed by atoms with Crippen LogP contribution in [0.3, 0.4) is 0 Å². The number of hydrogen-bond acceptors (Lipinski definition) is 3. The second-order valence-electron chi connectivity index (χ2n) is 7.21. The Labute approximate surface area is 163 Å². The van der Waals surface area contributed by atoms with Crippen molar-refractivity contribution in [1.82, 2.24) is 4.90 Å². The highest BCUT2D eigenvalue weighted by molar-refractivity contribution is 6.08. The molecule has 5 nitrogen and oxygen atoms in total. The van der Waals surface area contributed by atoms with E-state index in [2.05, 4.69) is 34.1 Å². The van der Waals surface area contributed by atoms with Gasteiger partial charge in [-0.05, 0) is 22.9 Å². The second kappa shape index (κ2) is 7.00. The van der Waals surface area contributed by atoms with E-state index in [1.54, 1.807) is 6.26 Å². The standard InChI is InChI=1S/C23H21N3O2/c27-22(26-13-11-25(12-14-26)21-7-3-4-10-24-21)15-18-16-28-20-9-8-17-5-1-2-6-19(17)23(18)20/h1-10,16H,11-15H2/p+1. The topological polar surface area (TPSA) is 50.8 Å². The smallest absolute Gasteiger partial charge is 0.274 e. The van der Waals surface area contributed by atoms with Crippen LogP contribution in [0.1, 0.15) is 5.56 Å². The Morgan fingerprint density at radius 2 is 1.79 bits per heavy atom. The lowest BCUT2D eigenvalue weighted by molar-refractivity contribution is -0.364. The molecule has 0 bridgehead atoms. The van der Waals surface area contributed by atoms with Crippen LogP contribution in [0.2, 0.25) is 0 Å². The first-order valence-corrected chi connectivity index (χ1v) is 9.67. The number of piperazine rings is 1. The summed E-state index contributed by atoms with van der Waals surface area (Å²) < 4.78 is 5.74. The van der Waals surface area contributed by atoms with Gasteiger partial charge in [-0.2, -0.15) is 0 Å². The highest BCUT2D eigenvalue weighted by Crippen LogP contribution is 2.30. The molecule has 0 aliphatic carbocycles. The number of anilines is 1. The summed E-state index contributed by atoms with van der Waals surface area (Å²) >= 11 is 0. The molecule has 5 heteroatoms. The molecule has 1 saturated heterocycles. The maximum absolute atomic E-state index is 12.9. The summed E-state index contributed by atoms with van der Waals surface area (Å²) in [7, 11) is 0. The Morgan fingerprint density at radius 1 is 0.964 bits per heavy atom. The maximum atomic E-state index is 12.9. The van der Waals surface area contributed by atoms with E-state index >= 15 is 0 Å². The van der Waals surface area contributed by atoms with Crippen LogP contribution < -0.4 is 9.88 Å². The van der Waals surface area contributed by atoms with E-state index < -0.39 is 0 Å². The summed E-state index contributed by atoms with van der Waals surface area (Å²) in [5.74, 6) is 1.26. The Morgan fingerprint density at radius 3 is 2.61 bits per heavy atom. The molecule has 0 radical (unpaired) electrons. The molecule has 2 aromatic carbocycles. The molecule has 0 atom stereocenters. The largest absolute Gasteiger partial charge is 0.464 e. The van der Waals surface area contributed by atoms with Crippen LogP contribution in [-0.4, -0.2) is 37.0 Å². The molecule has 0 saturated carbocycles. The van der Waals surface area contributed by atoms with E-state index in [0.717, 1.165) is 59.3 Å². The Balaban J connectivity index is 1.33. The number of aromatic nitrogens is 1. The highest BCUT2D eigenvalue weighted by atomic mass is 16.3. The number of benzene rings is 2. The van der Waals surface area contributed by atoms with Crippen molar-refractivity contribution in [2.45, 2.75) is 6.42 Å². The van der Waals surface area contributed by atoms with Gasteiger partial charge in [-0.25, -0.2) is 4.98 Å². The van der Waals surface area contributed by atoms with Crippen molar-refractivity contribution in [2.24, 2.45) is 0 Å². The number of carbonyl (C=O) groups excluding carboxylic acids is 1. The van der Waals surface area contributed by atoms with Crippen LogP contribution in [0.5, 0.6) is 0 Å². The summed E-state index contributed by atoms with van der Waals surface area (Å²) in [6.45, 7) is 3.14. The average molecular weight is 372 g/mol. The minimum atomic E-state index is 0.160. The van der Waals surface area contributed by atoms with E-state index in [-0.39, 0.29) is 5.91 Å². The van der Waals surface area contributed by atoms with E-state index in [4.69, 9.17) is 4.42 Å². The zero-order valence-corrected chi connectivity index (χ0v) is 15.6. The number of carbonyl (C=O) groups is 1. The third kappa shape index (κ3) is 2.99. The minimum absolute atomic E-state index is 0.160. The number of fused-ring (bicyclic) bond motifs is 3. The van der Waals surface area contributed by atoms with Crippen LogP contribution in [0, 0.1) is 0 Å². The van der Waals surface area contributed by atoms with Crippen LogP contribution in [0.25, 0.3) is 21.7 Å². The van der Waals surface area contributed by atoms with Crippen LogP contribution in [0.15, 0.2) is 71.5 Å². The van der Waals surface area contributed by atoms with Gasteiger partial charge in [0, 0.05) is 17.0 Å². The summed E-state index contributed by atoms with van der Waals surface area (Å²) in [5.41, 5.74) is 1.81. The number of hydrogen-bond donors (Lipinski definition) is 0. The molecule has 4 aromatic rings. The fraction of sp³-hybridized carbons (Fsp3) is 0.217. The van der Waals surface area contributed by atoms with Gasteiger partial charge < -0.3 is 9.32 Å². The first-order chi connectivity index (χ1) is 13.8. The summed E-state index contributed by atoms with van der Waals surface area (Å²) in [5, 5.41) is 3.36. The minimum Gasteiger partial charge on any atom is -0.464 e. The molecule has 1 fully saturated rings. The van der Waals surface area contributed by atoms with Crippen molar-refractivity contribution in [2.75, 3.05) is 31.1 Å². The van der Waals surface area contributed by atoms with Gasteiger partial charge >= 0.3 is 0 Å². The number of H-pyrrole nitrogens is 1. The van der Waals surface area contributed by atoms with Crippen molar-refractivity contribution in [3.05, 3.63) is 72.6 Å². The van der Waals surface area contributed by atoms with E-state index in [1.807, 2.05) is 41.4 Å². The number of nitrogens with zero attached hydrogens (tertiary/aromatic N) is 2. The van der Waals surface area contributed by atoms with E-state index in [0.29, 0.717) is 6.42 Å². The Hall–Kier alpha value is -3.34. The summed E-state index contributed by atoms with van der Waals surface area (Å²) in [4.78, 5) is 20.5. The molecule has 3 heterocycles. The maximum Gasteiger partial charge on any atom is 0.274 e. The number of amides is 1. The molecule has 1 aliphatic rings. The van der Waals surface area contributed by atoms with E-state index in [9.17, 15) is 4.79 Å². The predicted octanol–water partition coefficient (Wildman–Crippen LogP) is 3.29. The monoisotopic (exact) mass is 372 g/mol. The van der Waals surface area contributed by atoms with Gasteiger partial charge in [-0.1, -0.05) is 36.4 Å². The summed E-state index contributed by atoms with van der Waals surface area (Å²) in [6.07, 6.45) is 4.05. The molecule has 0 spiro atoms. The first kappa shape index (κ1) is 16.8. The number of rotatable bonds is 3. The van der Waals surface area contributed by atoms with Crippen molar-refractivity contribution in [3.63, 3.8) is 0 Å². The fourth-order valence-electron chi connectivity index (χ4n) is 4.06. The Kier molecular flexibility index (Phi) is 4.20. The number of nitrogens with one attached hydrogen (secondary N) is 1. The van der Waals surface area contributed by atoms with Crippen molar-refractivity contribution in [1.29, 1.82) is 0 Å². The van der Waals surface area contributed by atoms with Gasteiger partial charge in [0.1, 0.15) is 18.7 Å². The van der Waals surface area contributed by atoms with Crippen LogP contribution in [0.4, 0.5) is 5.82 Å². The van der Waals surface area contributed by atoms with Gasteiger partial charge in [-0.15, -0.1) is 0 Å². The fourth-order valence-corrected chi connectivity index (χ4v) is 4.06. The Bertz CT molecular complexity index is 1130. The van der Waals surface area contributed by atoms with Gasteiger partial charge in [0.05, 0.1) is 32.0 Å². The van der Waals surface area contributed by atoms with Crippen LogP contribution >= 0.6 is 0 Å². The lowest BCUT2D eigenvalue weighted by atomic mass is 10.0. The SMILES string of the molecule is O=C(Cc1coc2ccc3ccccc3c12)N1CCN(c2cccc[nH+]2)CC1. The molecular weight excluding hydrogens is 350 g/mol. The molecular formula is C23H22N3O2+. The third-order valence-corrected chi connectivity index (χ3v) is 5.55. The normalized spacial score (nSPS) is 14.7. The molecule has 28 heavy (non-hydrogen) atoms. The van der Waals surface area contributed by atoms with Gasteiger partial charge in [-0.3, -0.25) is 9.69 Å². The van der Waals surface area contributed by atoms with Crippen molar-refractivity contribution < 1.29 is 14.2 Å². The molecule has 1 N–H and O–H groups in total. The molecule has 1 amide bonds. The predicted molar refractivity (Wildman–Crippen MR) is 109 cm³/mol. The van der Waals surface area contributed by atoms with Crippen molar-refractivity contribution in [3.8, 4) is 0 Å². The van der Waals surface area contributed by atoms with Gasteiger partial charge in [0.25, 0.3) is 5.82 Å². The van der Waals surface area contributed by atoms with Gasteiger partial charge in [0.15, 0.2) is 0 Å². The van der Waals surface area contributed by atoms with E-state index in [1.165, 1.54) is 0 Å². The zero-order valence-electron chi connectivity index (χ0n) is 15.6. The zero-order chi connectivity index (χ0) is 18.9. The molecule has 0 unspecified atom stereocenters. The molecule has 1 aliphatic heterocycles. The van der Waals surface area contributed by atoms with Crippen LogP contribution in [-0.2, 0) is 11.2 Å². The number of furan rings is 1. The second-order valence-corrected chi connectivity index (χ2v) is 7.21. The lowest BCUT2D eigenvalue weighted by Gasteiger charge is -2.31.